The largest absolute Gasteiger partial charge is 0.336 e. The molecule has 1 fully saturated rings. The van der Waals surface area contributed by atoms with Crippen LogP contribution >= 0.6 is 0 Å². The molecule has 7 nitrogen and oxygen atoms in total. The second-order valence-electron chi connectivity index (χ2n) is 8.67. The summed E-state index contributed by atoms with van der Waals surface area (Å²) in [5.41, 5.74) is 5.46. The van der Waals surface area contributed by atoms with Crippen LogP contribution in [0.2, 0.25) is 0 Å². The summed E-state index contributed by atoms with van der Waals surface area (Å²) >= 11 is 0. The lowest BCUT2D eigenvalue weighted by Gasteiger charge is -2.34. The number of anilines is 2. The lowest BCUT2D eigenvalue weighted by Crippen LogP contribution is -2.50. The minimum atomic E-state index is -0.0292. The first-order valence-electron chi connectivity index (χ1n) is 11.4. The quantitative estimate of drug-likeness (QED) is 0.575. The van der Waals surface area contributed by atoms with Gasteiger partial charge in [0.1, 0.15) is 0 Å². The van der Waals surface area contributed by atoms with Crippen molar-refractivity contribution in [3.63, 3.8) is 0 Å². The van der Waals surface area contributed by atoms with E-state index in [1.165, 1.54) is 5.56 Å². The number of benzene rings is 2. The third kappa shape index (κ3) is 5.67. The van der Waals surface area contributed by atoms with Crippen LogP contribution < -0.4 is 5.32 Å². The van der Waals surface area contributed by atoms with E-state index in [0.717, 1.165) is 22.5 Å². The molecule has 4 rings (SSSR count). The smallest absolute Gasteiger partial charge is 0.253 e. The van der Waals surface area contributed by atoms with Gasteiger partial charge in [0.2, 0.25) is 11.9 Å². The van der Waals surface area contributed by atoms with Crippen LogP contribution in [0.15, 0.2) is 72.4 Å². The van der Waals surface area contributed by atoms with Gasteiger partial charge in [0.25, 0.3) is 5.91 Å². The van der Waals surface area contributed by atoms with Crippen LogP contribution in [0, 0.1) is 6.92 Å². The molecular formula is C27H29N5O2. The molecule has 0 bridgehead atoms. The Morgan fingerprint density at radius 1 is 0.882 bits per heavy atom. The van der Waals surface area contributed by atoms with Gasteiger partial charge in [0.15, 0.2) is 0 Å². The maximum Gasteiger partial charge on any atom is 0.253 e. The maximum atomic E-state index is 12.9. The standard InChI is InChI=1S/C27H29N5O2/c1-19(2)18-25(33)31-14-16-32(17-15-31)26(34)22-8-10-23(11-9-22)29-27-28-13-12-24(30-27)21-6-4-20(3)5-7-21/h4-13,18H,14-17H2,1-3H3,(H,28,29,30). The van der Waals surface area contributed by atoms with Gasteiger partial charge in [-0.1, -0.05) is 35.4 Å². The van der Waals surface area contributed by atoms with E-state index in [2.05, 4.69) is 34.3 Å². The fraction of sp³-hybridized carbons (Fsp3) is 0.259. The molecule has 0 aliphatic carbocycles. The number of carbonyl (C=O) groups is 2. The summed E-state index contributed by atoms with van der Waals surface area (Å²) in [7, 11) is 0. The van der Waals surface area contributed by atoms with Gasteiger partial charge < -0.3 is 15.1 Å². The summed E-state index contributed by atoms with van der Waals surface area (Å²) < 4.78 is 0. The number of aryl methyl sites for hydroxylation is 1. The third-order valence-corrected chi connectivity index (χ3v) is 5.68. The zero-order valence-corrected chi connectivity index (χ0v) is 19.8. The predicted molar refractivity (Wildman–Crippen MR) is 134 cm³/mol. The average Bonchev–Trinajstić information content (AvgIpc) is 2.84. The van der Waals surface area contributed by atoms with Gasteiger partial charge in [0, 0.05) is 55.3 Å². The van der Waals surface area contributed by atoms with E-state index in [9.17, 15) is 9.59 Å². The van der Waals surface area contributed by atoms with Crippen LogP contribution in [0.4, 0.5) is 11.6 Å². The molecule has 7 heteroatoms. The van der Waals surface area contributed by atoms with Crippen molar-refractivity contribution in [2.45, 2.75) is 20.8 Å². The monoisotopic (exact) mass is 455 g/mol. The SMILES string of the molecule is CC(C)=CC(=O)N1CCN(C(=O)c2ccc(Nc3nccc(-c4ccc(C)cc4)n3)cc2)CC1. The molecule has 1 aliphatic rings. The van der Waals surface area contributed by atoms with E-state index in [1.54, 1.807) is 34.2 Å². The number of hydrogen-bond acceptors (Lipinski definition) is 5. The van der Waals surface area contributed by atoms with E-state index >= 15 is 0 Å². The van der Waals surface area contributed by atoms with Crippen molar-refractivity contribution in [3.8, 4) is 11.3 Å². The average molecular weight is 456 g/mol. The molecule has 1 saturated heterocycles. The Bertz CT molecular complexity index is 1190. The van der Waals surface area contributed by atoms with Crippen molar-refractivity contribution in [3.05, 3.63) is 83.6 Å². The molecular weight excluding hydrogens is 426 g/mol. The molecule has 1 aliphatic heterocycles. The van der Waals surface area contributed by atoms with Gasteiger partial charge in [-0.05, 0) is 51.1 Å². The summed E-state index contributed by atoms with van der Waals surface area (Å²) in [6.45, 7) is 8.01. The Morgan fingerprint density at radius 2 is 1.53 bits per heavy atom. The van der Waals surface area contributed by atoms with Crippen LogP contribution in [0.3, 0.4) is 0 Å². The fourth-order valence-electron chi connectivity index (χ4n) is 3.78. The summed E-state index contributed by atoms with van der Waals surface area (Å²) in [5, 5.41) is 3.21. The number of aromatic nitrogens is 2. The first kappa shape index (κ1) is 23.2. The van der Waals surface area contributed by atoms with Gasteiger partial charge in [-0.3, -0.25) is 9.59 Å². The second kappa shape index (κ2) is 10.3. The van der Waals surface area contributed by atoms with Crippen molar-refractivity contribution in [1.82, 2.24) is 19.8 Å². The third-order valence-electron chi connectivity index (χ3n) is 5.68. The number of amides is 2. The molecule has 34 heavy (non-hydrogen) atoms. The molecule has 0 radical (unpaired) electrons. The topological polar surface area (TPSA) is 78.4 Å². The highest BCUT2D eigenvalue weighted by atomic mass is 16.2. The highest BCUT2D eigenvalue weighted by molar-refractivity contribution is 5.95. The van der Waals surface area contributed by atoms with Crippen molar-refractivity contribution in [2.24, 2.45) is 0 Å². The molecule has 2 aromatic carbocycles. The fourth-order valence-corrected chi connectivity index (χ4v) is 3.78. The van der Waals surface area contributed by atoms with Crippen LogP contribution in [0.5, 0.6) is 0 Å². The number of carbonyl (C=O) groups excluding carboxylic acids is 2. The van der Waals surface area contributed by atoms with Crippen molar-refractivity contribution < 1.29 is 9.59 Å². The Morgan fingerprint density at radius 3 is 2.18 bits per heavy atom. The molecule has 0 spiro atoms. The van der Waals surface area contributed by atoms with E-state index in [1.807, 2.05) is 44.2 Å². The normalized spacial score (nSPS) is 13.4. The van der Waals surface area contributed by atoms with Gasteiger partial charge >= 0.3 is 0 Å². The molecule has 3 aromatic rings. The number of hydrogen-bond donors (Lipinski definition) is 1. The highest BCUT2D eigenvalue weighted by Crippen LogP contribution is 2.21. The second-order valence-corrected chi connectivity index (χ2v) is 8.67. The van der Waals surface area contributed by atoms with Crippen molar-refractivity contribution >= 4 is 23.5 Å². The zero-order chi connectivity index (χ0) is 24.1. The Hall–Kier alpha value is -4.00. The number of nitrogens with one attached hydrogen (secondary N) is 1. The minimum absolute atomic E-state index is 0.0104. The first-order valence-corrected chi connectivity index (χ1v) is 11.4. The molecule has 0 atom stereocenters. The molecule has 1 aromatic heterocycles. The van der Waals surface area contributed by atoms with Crippen LogP contribution in [-0.2, 0) is 4.79 Å². The summed E-state index contributed by atoms with van der Waals surface area (Å²) in [5.74, 6) is 0.476. The molecule has 2 amide bonds. The van der Waals surface area contributed by atoms with Gasteiger partial charge in [-0.15, -0.1) is 0 Å². The number of rotatable bonds is 5. The number of allylic oxidation sites excluding steroid dienone is 1. The van der Waals surface area contributed by atoms with E-state index in [0.29, 0.717) is 37.7 Å². The van der Waals surface area contributed by atoms with E-state index < -0.39 is 0 Å². The molecule has 174 valence electrons. The van der Waals surface area contributed by atoms with Crippen molar-refractivity contribution in [1.29, 1.82) is 0 Å². The molecule has 0 saturated carbocycles. The Kier molecular flexibility index (Phi) is 7.01. The Balaban J connectivity index is 1.37. The molecule has 1 N–H and O–H groups in total. The number of piperazine rings is 1. The first-order chi connectivity index (χ1) is 16.4. The lowest BCUT2D eigenvalue weighted by molar-refractivity contribution is -0.127. The summed E-state index contributed by atoms with van der Waals surface area (Å²) in [6, 6.07) is 17.4. The van der Waals surface area contributed by atoms with E-state index in [4.69, 9.17) is 0 Å². The summed E-state index contributed by atoms with van der Waals surface area (Å²) in [4.78, 5) is 37.6. The van der Waals surface area contributed by atoms with Crippen molar-refractivity contribution in [2.75, 3.05) is 31.5 Å². The minimum Gasteiger partial charge on any atom is -0.336 e. The van der Waals surface area contributed by atoms with Crippen LogP contribution in [-0.4, -0.2) is 57.8 Å². The maximum absolute atomic E-state index is 12.9. The van der Waals surface area contributed by atoms with Gasteiger partial charge in [-0.2, -0.15) is 0 Å². The molecule has 0 unspecified atom stereocenters. The number of nitrogens with zero attached hydrogens (tertiary/aromatic N) is 4. The zero-order valence-electron chi connectivity index (χ0n) is 19.8. The molecule has 2 heterocycles. The van der Waals surface area contributed by atoms with Crippen LogP contribution in [0.25, 0.3) is 11.3 Å². The van der Waals surface area contributed by atoms with Crippen LogP contribution in [0.1, 0.15) is 29.8 Å². The summed E-state index contributed by atoms with van der Waals surface area (Å²) in [6.07, 6.45) is 3.37. The van der Waals surface area contributed by atoms with Gasteiger partial charge in [0.05, 0.1) is 5.69 Å². The predicted octanol–water partition coefficient (Wildman–Crippen LogP) is 4.45. The highest BCUT2D eigenvalue weighted by Gasteiger charge is 2.24. The van der Waals surface area contributed by atoms with Gasteiger partial charge in [-0.25, -0.2) is 9.97 Å². The van der Waals surface area contributed by atoms with E-state index in [-0.39, 0.29) is 11.8 Å². The lowest BCUT2D eigenvalue weighted by atomic mass is 10.1. The Labute approximate surface area is 200 Å².